The molecule has 3 heteroatoms. The zero-order valence-electron chi connectivity index (χ0n) is 12.5. The second-order valence-corrected chi connectivity index (χ2v) is 6.50. The van der Waals surface area contributed by atoms with Crippen molar-refractivity contribution in [2.75, 3.05) is 6.54 Å². The number of nitrogens with zero attached hydrogens (tertiary/aromatic N) is 2. The number of amides is 1. The van der Waals surface area contributed by atoms with Crippen LogP contribution in [0.5, 0.6) is 0 Å². The van der Waals surface area contributed by atoms with Crippen LogP contribution in [0.15, 0.2) is 48.7 Å². The summed E-state index contributed by atoms with van der Waals surface area (Å²) >= 11 is 0. The van der Waals surface area contributed by atoms with Crippen LogP contribution in [-0.2, 0) is 11.3 Å². The Bertz CT molecular complexity index is 632. The molecule has 0 bridgehead atoms. The van der Waals surface area contributed by atoms with E-state index < -0.39 is 0 Å². The van der Waals surface area contributed by atoms with Gasteiger partial charge < -0.3 is 4.90 Å². The summed E-state index contributed by atoms with van der Waals surface area (Å²) in [4.78, 5) is 18.4. The smallest absolute Gasteiger partial charge is 0.223 e. The minimum absolute atomic E-state index is 0.0844. The van der Waals surface area contributed by atoms with Crippen LogP contribution in [0.25, 0.3) is 11.1 Å². The van der Waals surface area contributed by atoms with Gasteiger partial charge in [0.25, 0.3) is 0 Å². The molecular formula is C18H20N2O. The van der Waals surface area contributed by atoms with Gasteiger partial charge in [0.1, 0.15) is 0 Å². The fourth-order valence-electron chi connectivity index (χ4n) is 2.84. The fraction of sp³-hybridized carbons (Fsp3) is 0.333. The van der Waals surface area contributed by atoms with Crippen LogP contribution in [0.1, 0.15) is 26.0 Å². The largest absolute Gasteiger partial charge is 0.336 e. The van der Waals surface area contributed by atoms with E-state index in [9.17, 15) is 4.79 Å². The summed E-state index contributed by atoms with van der Waals surface area (Å²) in [6.45, 7) is 5.69. The van der Waals surface area contributed by atoms with Gasteiger partial charge >= 0.3 is 0 Å². The van der Waals surface area contributed by atoms with Gasteiger partial charge in [0.05, 0.1) is 12.2 Å². The molecule has 0 saturated carbocycles. The van der Waals surface area contributed by atoms with Crippen molar-refractivity contribution in [3.05, 3.63) is 54.4 Å². The van der Waals surface area contributed by atoms with Gasteiger partial charge in [-0.2, -0.15) is 0 Å². The third-order valence-electron chi connectivity index (χ3n) is 3.89. The SMILES string of the molecule is CC1(C)CC(=O)N(Cc2ccc(-c3ccccc3)cn2)C1. The van der Waals surface area contributed by atoms with E-state index in [-0.39, 0.29) is 11.3 Å². The molecule has 108 valence electrons. The highest BCUT2D eigenvalue weighted by Crippen LogP contribution is 2.30. The molecule has 1 aliphatic rings. The van der Waals surface area contributed by atoms with Crippen LogP contribution < -0.4 is 0 Å². The lowest BCUT2D eigenvalue weighted by Gasteiger charge is -2.19. The summed E-state index contributed by atoms with van der Waals surface area (Å²) in [5.74, 6) is 0.230. The standard InChI is InChI=1S/C18H20N2O/c1-18(2)10-17(21)20(13-18)12-16-9-8-15(11-19-16)14-6-4-3-5-7-14/h3-9,11H,10,12-13H2,1-2H3. The maximum atomic E-state index is 12.0. The van der Waals surface area contributed by atoms with Crippen molar-refractivity contribution in [3.8, 4) is 11.1 Å². The minimum atomic E-state index is 0.0844. The average molecular weight is 280 g/mol. The van der Waals surface area contributed by atoms with E-state index in [1.165, 1.54) is 0 Å². The van der Waals surface area contributed by atoms with Gasteiger partial charge in [0.15, 0.2) is 0 Å². The van der Waals surface area contributed by atoms with E-state index in [1.807, 2.05) is 35.4 Å². The number of pyridine rings is 1. The van der Waals surface area contributed by atoms with Crippen molar-refractivity contribution in [2.45, 2.75) is 26.8 Å². The average Bonchev–Trinajstić information content (AvgIpc) is 2.73. The number of carbonyl (C=O) groups is 1. The Kier molecular flexibility index (Phi) is 3.50. The summed E-state index contributed by atoms with van der Waals surface area (Å²) in [6, 6.07) is 14.3. The van der Waals surface area contributed by atoms with E-state index in [0.717, 1.165) is 23.4 Å². The van der Waals surface area contributed by atoms with Crippen LogP contribution in [0.2, 0.25) is 0 Å². The molecule has 2 aromatic rings. The molecular weight excluding hydrogens is 260 g/mol. The number of aromatic nitrogens is 1. The zero-order chi connectivity index (χ0) is 14.9. The molecule has 1 fully saturated rings. The molecule has 0 radical (unpaired) electrons. The third-order valence-corrected chi connectivity index (χ3v) is 3.89. The van der Waals surface area contributed by atoms with Gasteiger partial charge in [-0.25, -0.2) is 0 Å². The van der Waals surface area contributed by atoms with E-state index in [4.69, 9.17) is 0 Å². The maximum absolute atomic E-state index is 12.0. The monoisotopic (exact) mass is 280 g/mol. The first kappa shape index (κ1) is 13.8. The van der Waals surface area contributed by atoms with Gasteiger partial charge in [-0.05, 0) is 17.0 Å². The van der Waals surface area contributed by atoms with Gasteiger partial charge in [-0.15, -0.1) is 0 Å². The van der Waals surface area contributed by atoms with Crippen molar-refractivity contribution >= 4 is 5.91 Å². The highest BCUT2D eigenvalue weighted by Gasteiger charge is 2.35. The van der Waals surface area contributed by atoms with Gasteiger partial charge in [0.2, 0.25) is 5.91 Å². The Balaban J connectivity index is 1.72. The van der Waals surface area contributed by atoms with Crippen LogP contribution in [0, 0.1) is 5.41 Å². The molecule has 21 heavy (non-hydrogen) atoms. The second kappa shape index (κ2) is 5.32. The third kappa shape index (κ3) is 3.13. The van der Waals surface area contributed by atoms with E-state index in [2.05, 4.69) is 37.0 Å². The minimum Gasteiger partial charge on any atom is -0.336 e. The Morgan fingerprint density at radius 2 is 1.86 bits per heavy atom. The normalized spacial score (nSPS) is 17.2. The Labute approximate surface area is 125 Å². The highest BCUT2D eigenvalue weighted by atomic mass is 16.2. The highest BCUT2D eigenvalue weighted by molar-refractivity contribution is 5.79. The molecule has 0 spiro atoms. The predicted molar refractivity (Wildman–Crippen MR) is 83.5 cm³/mol. The lowest BCUT2D eigenvalue weighted by Crippen LogP contribution is -2.26. The van der Waals surface area contributed by atoms with Crippen molar-refractivity contribution in [1.82, 2.24) is 9.88 Å². The summed E-state index contributed by atoms with van der Waals surface area (Å²) in [5, 5.41) is 0. The molecule has 1 aromatic carbocycles. The molecule has 1 aliphatic heterocycles. The number of hydrogen-bond acceptors (Lipinski definition) is 2. The predicted octanol–water partition coefficient (Wildman–Crippen LogP) is 3.51. The molecule has 0 unspecified atom stereocenters. The van der Waals surface area contributed by atoms with Crippen LogP contribution in [-0.4, -0.2) is 22.3 Å². The Morgan fingerprint density at radius 1 is 1.10 bits per heavy atom. The lowest BCUT2D eigenvalue weighted by molar-refractivity contribution is -0.128. The number of likely N-dealkylation sites (tertiary alicyclic amines) is 1. The van der Waals surface area contributed by atoms with E-state index >= 15 is 0 Å². The van der Waals surface area contributed by atoms with Crippen molar-refractivity contribution in [2.24, 2.45) is 5.41 Å². The molecule has 0 aliphatic carbocycles. The molecule has 1 aromatic heterocycles. The van der Waals surface area contributed by atoms with Crippen LogP contribution in [0.3, 0.4) is 0 Å². The quantitative estimate of drug-likeness (QED) is 0.862. The topological polar surface area (TPSA) is 33.2 Å². The van der Waals surface area contributed by atoms with Gasteiger partial charge in [-0.1, -0.05) is 50.2 Å². The van der Waals surface area contributed by atoms with Crippen LogP contribution in [0.4, 0.5) is 0 Å². The Hall–Kier alpha value is -2.16. The summed E-state index contributed by atoms with van der Waals surface area (Å²) in [5.41, 5.74) is 3.30. The molecule has 3 nitrogen and oxygen atoms in total. The first-order chi connectivity index (χ1) is 10.0. The van der Waals surface area contributed by atoms with Crippen molar-refractivity contribution in [3.63, 3.8) is 0 Å². The number of benzene rings is 1. The summed E-state index contributed by atoms with van der Waals surface area (Å²) < 4.78 is 0. The van der Waals surface area contributed by atoms with Gasteiger partial charge in [-0.3, -0.25) is 9.78 Å². The molecule has 0 atom stereocenters. The van der Waals surface area contributed by atoms with Gasteiger partial charge in [0, 0.05) is 24.7 Å². The molecule has 0 N–H and O–H groups in total. The molecule has 1 saturated heterocycles. The van der Waals surface area contributed by atoms with Crippen molar-refractivity contribution < 1.29 is 4.79 Å². The number of carbonyl (C=O) groups excluding carboxylic acids is 1. The molecule has 1 amide bonds. The van der Waals surface area contributed by atoms with Crippen LogP contribution >= 0.6 is 0 Å². The first-order valence-electron chi connectivity index (χ1n) is 7.32. The fourth-order valence-corrected chi connectivity index (χ4v) is 2.84. The summed E-state index contributed by atoms with van der Waals surface area (Å²) in [7, 11) is 0. The lowest BCUT2D eigenvalue weighted by atomic mass is 9.93. The number of rotatable bonds is 3. The van der Waals surface area contributed by atoms with Crippen molar-refractivity contribution in [1.29, 1.82) is 0 Å². The molecule has 2 heterocycles. The maximum Gasteiger partial charge on any atom is 0.223 e. The Morgan fingerprint density at radius 3 is 2.43 bits per heavy atom. The second-order valence-electron chi connectivity index (χ2n) is 6.50. The van der Waals surface area contributed by atoms with E-state index in [1.54, 1.807) is 0 Å². The van der Waals surface area contributed by atoms with E-state index in [0.29, 0.717) is 13.0 Å². The first-order valence-corrected chi connectivity index (χ1v) is 7.32. The number of hydrogen-bond donors (Lipinski definition) is 0. The summed E-state index contributed by atoms with van der Waals surface area (Å²) in [6.07, 6.45) is 2.52. The zero-order valence-corrected chi connectivity index (χ0v) is 12.5. The molecule has 3 rings (SSSR count).